The normalized spacial score (nSPS) is 17.4. The summed E-state index contributed by atoms with van der Waals surface area (Å²) in [5, 5.41) is 5.16. The Morgan fingerprint density at radius 2 is 0.985 bits per heavy atom. The summed E-state index contributed by atoms with van der Waals surface area (Å²) in [4.78, 5) is 49.8. The molecule has 8 rings (SSSR count). The predicted molar refractivity (Wildman–Crippen MR) is 248 cm³/mol. The Labute approximate surface area is 385 Å². The summed E-state index contributed by atoms with van der Waals surface area (Å²) in [6.07, 6.45) is 2.36. The van der Waals surface area contributed by atoms with Crippen molar-refractivity contribution in [2.45, 2.75) is 61.4 Å². The third-order valence-corrected chi connectivity index (χ3v) is 14.9. The highest BCUT2D eigenvalue weighted by Crippen LogP contribution is 2.32. The van der Waals surface area contributed by atoms with Crippen molar-refractivity contribution in [2.24, 2.45) is 5.14 Å². The topological polar surface area (TPSA) is 186 Å². The Balaban J connectivity index is 0.000000198. The van der Waals surface area contributed by atoms with Crippen molar-refractivity contribution in [3.63, 3.8) is 0 Å². The van der Waals surface area contributed by atoms with Gasteiger partial charge in [0.05, 0.1) is 16.9 Å². The quantitative estimate of drug-likeness (QED) is 0.243. The number of benzene rings is 4. The van der Waals surface area contributed by atoms with E-state index in [1.54, 1.807) is 48.5 Å². The van der Waals surface area contributed by atoms with E-state index < -0.39 is 26.1 Å². The van der Waals surface area contributed by atoms with Crippen LogP contribution in [0.2, 0.25) is 0 Å². The van der Waals surface area contributed by atoms with E-state index in [1.165, 1.54) is 36.4 Å². The summed E-state index contributed by atoms with van der Waals surface area (Å²) in [7, 11) is -6.63. The van der Waals surface area contributed by atoms with Crippen LogP contribution in [-0.2, 0) is 47.2 Å². The Morgan fingerprint density at radius 3 is 1.36 bits per heavy atom. The molecule has 66 heavy (non-hydrogen) atoms. The van der Waals surface area contributed by atoms with Gasteiger partial charge in [0, 0.05) is 88.2 Å². The molecule has 0 unspecified atom stereocenters. The molecule has 2 fully saturated rings. The number of hydrogen-bond donors (Lipinski definition) is 2. The molecule has 0 aromatic heterocycles. The molecule has 0 aliphatic carbocycles. The van der Waals surface area contributed by atoms with E-state index in [4.69, 9.17) is 5.14 Å². The van der Waals surface area contributed by atoms with Crippen molar-refractivity contribution in [2.75, 3.05) is 92.2 Å². The number of ether oxygens (including phenoxy) is 1. The van der Waals surface area contributed by atoms with E-state index >= 15 is 0 Å². The predicted octanol–water partition coefficient (Wildman–Crippen LogP) is 4.32. The number of sulfonamides is 2. The molecule has 0 radical (unpaired) electrons. The highest BCUT2D eigenvalue weighted by atomic mass is 32.2. The van der Waals surface area contributed by atoms with E-state index in [2.05, 4.69) is 24.3 Å². The number of carbonyl (C=O) groups excluding carboxylic acids is 3. The van der Waals surface area contributed by atoms with Gasteiger partial charge in [0.25, 0.3) is 10.0 Å². The molecule has 4 aliphatic rings. The molecule has 2 atom stereocenters. The Morgan fingerprint density at radius 1 is 0.591 bits per heavy atom. The van der Waals surface area contributed by atoms with Gasteiger partial charge in [0.1, 0.15) is 23.7 Å². The number of anilines is 4. The zero-order valence-electron chi connectivity index (χ0n) is 37.2. The van der Waals surface area contributed by atoms with Crippen LogP contribution in [-0.4, -0.2) is 129 Å². The molecule has 4 heterocycles. The van der Waals surface area contributed by atoms with Crippen LogP contribution in [0.4, 0.5) is 36.3 Å². The number of nitrogens with zero attached hydrogens (tertiary/aromatic N) is 6. The summed E-state index contributed by atoms with van der Waals surface area (Å²) >= 11 is 0. The number of fused-ring (bicyclic) bond motifs is 2. The van der Waals surface area contributed by atoms with Crippen molar-refractivity contribution < 1.29 is 44.7 Å². The number of carbonyl (C=O) groups is 3. The van der Waals surface area contributed by atoms with Gasteiger partial charge < -0.3 is 34.1 Å². The minimum atomic E-state index is -4.00. The number of nitrogens with one attached hydrogen (secondary N) is 1. The molecule has 4 aromatic carbocycles. The summed E-state index contributed by atoms with van der Waals surface area (Å²) < 4.78 is 80.7. The first kappa shape index (κ1) is 48.0. The first-order chi connectivity index (χ1) is 31.4. The van der Waals surface area contributed by atoms with Gasteiger partial charge in [0.2, 0.25) is 21.8 Å². The van der Waals surface area contributed by atoms with Crippen molar-refractivity contribution >= 4 is 60.7 Å². The molecule has 4 aliphatic heterocycles. The minimum Gasteiger partial charge on any atom is -0.452 e. The number of methoxy groups -OCH3 is 1. The molecule has 0 spiro atoms. The third kappa shape index (κ3) is 11.0. The number of rotatable bonds is 9. The monoisotopic (exact) mass is 950 g/mol. The molecule has 16 nitrogen and oxygen atoms in total. The lowest BCUT2D eigenvalue weighted by Gasteiger charge is -2.41. The summed E-state index contributed by atoms with van der Waals surface area (Å²) in [6, 6.07) is 21.6. The number of halogens is 2. The van der Waals surface area contributed by atoms with Crippen LogP contribution < -0.4 is 29.5 Å². The second kappa shape index (κ2) is 20.3. The summed E-state index contributed by atoms with van der Waals surface area (Å²) in [6.45, 7) is 10.1. The Bertz CT molecular complexity index is 2630. The molecule has 0 saturated carbocycles. The first-order valence-corrected chi connectivity index (χ1v) is 25.0. The number of primary sulfonamides is 1. The molecule has 20 heteroatoms. The maximum Gasteiger partial charge on any atom is 0.420 e. The van der Waals surface area contributed by atoms with Crippen LogP contribution in [0.3, 0.4) is 0 Å². The van der Waals surface area contributed by atoms with E-state index in [1.807, 2.05) is 28.4 Å². The number of hydrogen-bond acceptors (Lipinski definition) is 12. The van der Waals surface area contributed by atoms with E-state index in [0.29, 0.717) is 52.4 Å². The van der Waals surface area contributed by atoms with Gasteiger partial charge in [-0.25, -0.2) is 40.3 Å². The van der Waals surface area contributed by atoms with Gasteiger partial charge in [-0.1, -0.05) is 0 Å². The molecule has 3 N–H and O–H groups in total. The van der Waals surface area contributed by atoms with Gasteiger partial charge >= 0.3 is 6.09 Å². The fourth-order valence-corrected chi connectivity index (χ4v) is 10.5. The average molecular weight is 951 g/mol. The summed E-state index contributed by atoms with van der Waals surface area (Å²) in [5.41, 5.74) is 5.50. The maximum absolute atomic E-state index is 13.6. The van der Waals surface area contributed by atoms with Gasteiger partial charge in [0.15, 0.2) is 0 Å². The second-order valence-electron chi connectivity index (χ2n) is 16.7. The number of nitrogens with two attached hydrogens (primary N) is 1. The van der Waals surface area contributed by atoms with Crippen molar-refractivity contribution in [1.29, 1.82) is 0 Å². The molecule has 2 saturated heterocycles. The highest BCUT2D eigenvalue weighted by molar-refractivity contribution is 7.90. The molecular weight excluding hydrogens is 895 g/mol. The van der Waals surface area contributed by atoms with Gasteiger partial charge in [-0.15, -0.1) is 0 Å². The van der Waals surface area contributed by atoms with E-state index in [0.717, 1.165) is 79.8 Å². The highest BCUT2D eigenvalue weighted by Gasteiger charge is 2.33. The van der Waals surface area contributed by atoms with E-state index in [-0.39, 0.29) is 45.3 Å². The molecular formula is C46H56F2N8O8S2. The third-order valence-electron chi connectivity index (χ3n) is 12.7. The number of piperazine rings is 2. The first-order valence-electron chi connectivity index (χ1n) is 21.9. The zero-order valence-corrected chi connectivity index (χ0v) is 38.9. The van der Waals surface area contributed by atoms with Crippen LogP contribution in [0.25, 0.3) is 0 Å². The molecule has 354 valence electrons. The van der Waals surface area contributed by atoms with Crippen molar-refractivity contribution in [3.8, 4) is 0 Å². The smallest absolute Gasteiger partial charge is 0.420 e. The number of amides is 3. The average Bonchev–Trinajstić information content (AvgIpc) is 3.32. The second-order valence-corrected chi connectivity index (χ2v) is 20.0. The molecule has 3 amide bonds. The van der Waals surface area contributed by atoms with Crippen LogP contribution in [0.5, 0.6) is 0 Å². The lowest BCUT2D eigenvalue weighted by Crippen LogP contribution is -2.55. The van der Waals surface area contributed by atoms with Gasteiger partial charge in [-0.2, -0.15) is 0 Å². The molecule has 0 bridgehead atoms. The zero-order chi connectivity index (χ0) is 47.3. The van der Waals surface area contributed by atoms with Crippen molar-refractivity contribution in [3.05, 3.63) is 108 Å². The van der Waals surface area contributed by atoms with Gasteiger partial charge in [-0.05, 0) is 136 Å². The fraction of sp³-hybridized carbons (Fsp3) is 0.413. The molecule has 4 aromatic rings. The minimum absolute atomic E-state index is 0.0390. The lowest BCUT2D eigenvalue weighted by molar-refractivity contribution is -0.133. The fourth-order valence-electron chi connectivity index (χ4n) is 9.05. The van der Waals surface area contributed by atoms with Crippen LogP contribution in [0.15, 0.2) is 94.7 Å². The Hall–Kier alpha value is -5.99. The van der Waals surface area contributed by atoms with Crippen LogP contribution >= 0.6 is 0 Å². The van der Waals surface area contributed by atoms with Crippen LogP contribution in [0.1, 0.15) is 37.8 Å². The van der Waals surface area contributed by atoms with Crippen molar-refractivity contribution in [1.82, 2.24) is 14.5 Å². The van der Waals surface area contributed by atoms with Gasteiger partial charge in [-0.3, -0.25) is 9.59 Å². The van der Waals surface area contributed by atoms with Crippen LogP contribution in [0, 0.1) is 11.6 Å². The number of aryl methyl sites for hydroxylation is 2. The standard InChI is InChI=1S/C24H29FN4O5S.C22H27FN4O3S/c1-17(29-11-3-4-18-16-19(25)5-10-22(18)29)23(30)28-14-12-27(13-15-28)20-6-8-21(9-7-20)35(32,33)26-24(31)34-2;1-16(27-10-2-3-17-15-18(23)4-9-21(17)27)22(28)26-13-11-25(12-14-26)19-5-7-20(8-6-19)31(24,29)30/h5-10,16-17H,3-4,11-15H2,1-2H3,(H,26,31);4-9,15-16H,2-3,10-14H2,1H3,(H2,24,29,30)/t17-;16-/m11/s1. The SMILES string of the molecule is COC(=O)NS(=O)(=O)c1ccc(N2CCN(C(=O)[C@@H](C)N3CCCc4cc(F)ccc43)CC2)cc1.C[C@H](C(=O)N1CCN(c2ccc(S(N)(=O)=O)cc2)CC1)N1CCCc2cc(F)ccc21. The van der Waals surface area contributed by atoms with E-state index in [9.17, 15) is 40.0 Å². The summed E-state index contributed by atoms with van der Waals surface area (Å²) in [5.74, 6) is -0.391. The maximum atomic E-state index is 13.6. The largest absolute Gasteiger partial charge is 0.452 e. The Kier molecular flexibility index (Phi) is 14.7. The lowest BCUT2D eigenvalue weighted by atomic mass is 9.99.